The number of rotatable bonds is 3. The Morgan fingerprint density at radius 2 is 2.28 bits per heavy atom. The van der Waals surface area contributed by atoms with Crippen molar-refractivity contribution < 1.29 is 9.90 Å². The predicted molar refractivity (Wildman–Crippen MR) is 68.1 cm³/mol. The molecular weight excluding hydrogens is 230 g/mol. The Morgan fingerprint density at radius 3 is 2.83 bits per heavy atom. The van der Waals surface area contributed by atoms with Gasteiger partial charge in [-0.05, 0) is 31.6 Å². The van der Waals surface area contributed by atoms with Crippen molar-refractivity contribution in [2.24, 2.45) is 13.0 Å². The zero-order chi connectivity index (χ0) is 13.2. The molecule has 2 rings (SSSR count). The first-order valence-electron chi connectivity index (χ1n) is 6.48. The number of carbonyl (C=O) groups excluding carboxylic acids is 1. The Balaban J connectivity index is 1.86. The lowest BCUT2D eigenvalue weighted by molar-refractivity contribution is -0.00540. The summed E-state index contributed by atoms with van der Waals surface area (Å²) in [6, 6.07) is 0. The van der Waals surface area contributed by atoms with Gasteiger partial charge in [-0.25, -0.2) is 0 Å². The minimum absolute atomic E-state index is 0.171. The van der Waals surface area contributed by atoms with E-state index in [0.29, 0.717) is 18.0 Å². The molecule has 0 saturated heterocycles. The van der Waals surface area contributed by atoms with E-state index >= 15 is 0 Å². The van der Waals surface area contributed by atoms with Crippen LogP contribution in [0.1, 0.15) is 43.0 Å². The summed E-state index contributed by atoms with van der Waals surface area (Å²) in [6.45, 7) is 2.53. The van der Waals surface area contributed by atoms with Crippen LogP contribution < -0.4 is 5.32 Å². The molecule has 0 atom stereocenters. The highest BCUT2D eigenvalue weighted by Crippen LogP contribution is 2.31. The molecule has 100 valence electrons. The summed E-state index contributed by atoms with van der Waals surface area (Å²) in [5.74, 6) is 0.509. The minimum atomic E-state index is -0.732. The van der Waals surface area contributed by atoms with Gasteiger partial charge in [0.05, 0.1) is 17.4 Å². The van der Waals surface area contributed by atoms with Crippen LogP contribution in [0.5, 0.6) is 0 Å². The number of carbonyl (C=O) groups is 1. The highest BCUT2D eigenvalue weighted by atomic mass is 16.3. The summed E-state index contributed by atoms with van der Waals surface area (Å²) in [5, 5.41) is 17.1. The van der Waals surface area contributed by atoms with Gasteiger partial charge >= 0.3 is 0 Å². The molecule has 1 aliphatic rings. The van der Waals surface area contributed by atoms with Crippen molar-refractivity contribution in [2.45, 2.75) is 38.2 Å². The summed E-state index contributed by atoms with van der Waals surface area (Å²) in [5.41, 5.74) is -0.199. The van der Waals surface area contributed by atoms with Gasteiger partial charge in [-0.15, -0.1) is 0 Å². The van der Waals surface area contributed by atoms with Crippen molar-refractivity contribution in [2.75, 3.05) is 6.54 Å². The third kappa shape index (κ3) is 3.10. The van der Waals surface area contributed by atoms with E-state index in [1.165, 1.54) is 6.20 Å². The van der Waals surface area contributed by atoms with Gasteiger partial charge in [0, 0.05) is 19.8 Å². The van der Waals surface area contributed by atoms with Crippen molar-refractivity contribution in [1.29, 1.82) is 0 Å². The van der Waals surface area contributed by atoms with Gasteiger partial charge in [-0.1, -0.05) is 6.92 Å². The van der Waals surface area contributed by atoms with Crippen molar-refractivity contribution in [1.82, 2.24) is 15.1 Å². The zero-order valence-corrected chi connectivity index (χ0v) is 11.0. The molecule has 5 nitrogen and oxygen atoms in total. The Morgan fingerprint density at radius 1 is 1.61 bits per heavy atom. The van der Waals surface area contributed by atoms with Gasteiger partial charge < -0.3 is 10.4 Å². The predicted octanol–water partition coefficient (Wildman–Crippen LogP) is 1.09. The van der Waals surface area contributed by atoms with Gasteiger partial charge in [0.25, 0.3) is 5.91 Å². The van der Waals surface area contributed by atoms with Gasteiger partial charge in [-0.3, -0.25) is 9.48 Å². The van der Waals surface area contributed by atoms with Gasteiger partial charge in [0.15, 0.2) is 0 Å². The number of nitrogens with zero attached hydrogens (tertiary/aromatic N) is 2. The fraction of sp³-hybridized carbons (Fsp3) is 0.692. The van der Waals surface area contributed by atoms with Gasteiger partial charge in [0.2, 0.25) is 0 Å². The van der Waals surface area contributed by atoms with Gasteiger partial charge in [0.1, 0.15) is 0 Å². The topological polar surface area (TPSA) is 67.2 Å². The molecule has 1 amide bonds. The summed E-state index contributed by atoms with van der Waals surface area (Å²) in [4.78, 5) is 11.8. The Hall–Kier alpha value is -1.36. The second-order valence-corrected chi connectivity index (χ2v) is 5.49. The molecule has 1 fully saturated rings. The summed E-state index contributed by atoms with van der Waals surface area (Å²) >= 11 is 0. The number of amides is 1. The van der Waals surface area contributed by atoms with E-state index in [9.17, 15) is 9.90 Å². The molecule has 1 saturated carbocycles. The Labute approximate surface area is 107 Å². The SMILES string of the molecule is CC1CCC(O)(CNC(=O)c2cnn(C)c2)CC1. The van der Waals surface area contributed by atoms with E-state index < -0.39 is 5.60 Å². The van der Waals surface area contributed by atoms with Crippen molar-refractivity contribution in [3.8, 4) is 0 Å². The van der Waals surface area contributed by atoms with E-state index in [0.717, 1.165) is 25.7 Å². The van der Waals surface area contributed by atoms with Crippen LogP contribution in [-0.2, 0) is 7.05 Å². The maximum absolute atomic E-state index is 11.8. The average Bonchev–Trinajstić information content (AvgIpc) is 2.77. The molecule has 5 heteroatoms. The second-order valence-electron chi connectivity index (χ2n) is 5.49. The molecule has 2 N–H and O–H groups in total. The molecule has 18 heavy (non-hydrogen) atoms. The van der Waals surface area contributed by atoms with Crippen LogP contribution in [-0.4, -0.2) is 32.9 Å². The van der Waals surface area contributed by atoms with E-state index in [1.54, 1.807) is 17.9 Å². The zero-order valence-electron chi connectivity index (χ0n) is 11.0. The number of nitrogens with one attached hydrogen (secondary N) is 1. The molecule has 0 spiro atoms. The number of aryl methyl sites for hydroxylation is 1. The molecule has 0 radical (unpaired) electrons. The number of aromatic nitrogens is 2. The van der Waals surface area contributed by atoms with Crippen LogP contribution in [0.3, 0.4) is 0 Å². The quantitative estimate of drug-likeness (QED) is 0.845. The van der Waals surface area contributed by atoms with E-state index in [-0.39, 0.29) is 5.91 Å². The monoisotopic (exact) mass is 251 g/mol. The largest absolute Gasteiger partial charge is 0.388 e. The first kappa shape index (κ1) is 13.1. The number of hydrogen-bond acceptors (Lipinski definition) is 3. The van der Waals surface area contributed by atoms with Crippen LogP contribution in [0.25, 0.3) is 0 Å². The Kier molecular flexibility index (Phi) is 3.71. The smallest absolute Gasteiger partial charge is 0.254 e. The normalized spacial score (nSPS) is 28.1. The number of hydrogen-bond donors (Lipinski definition) is 2. The maximum Gasteiger partial charge on any atom is 0.254 e. The molecule has 1 aromatic heterocycles. The standard InChI is InChI=1S/C13H21N3O2/c1-10-3-5-13(18,6-4-10)9-14-12(17)11-7-15-16(2)8-11/h7-8,10,18H,3-6,9H2,1-2H3,(H,14,17). The highest BCUT2D eigenvalue weighted by Gasteiger charge is 2.32. The highest BCUT2D eigenvalue weighted by molar-refractivity contribution is 5.93. The van der Waals surface area contributed by atoms with Crippen LogP contribution in [0.2, 0.25) is 0 Å². The fourth-order valence-electron chi connectivity index (χ4n) is 2.36. The second kappa shape index (κ2) is 5.10. The summed E-state index contributed by atoms with van der Waals surface area (Å²) in [6.07, 6.45) is 6.78. The lowest BCUT2D eigenvalue weighted by Gasteiger charge is -2.34. The molecule has 0 unspecified atom stereocenters. The van der Waals surface area contributed by atoms with Gasteiger partial charge in [-0.2, -0.15) is 5.10 Å². The first-order chi connectivity index (χ1) is 8.48. The van der Waals surface area contributed by atoms with Crippen molar-refractivity contribution >= 4 is 5.91 Å². The average molecular weight is 251 g/mol. The Bertz CT molecular complexity index is 420. The molecule has 0 bridgehead atoms. The maximum atomic E-state index is 11.8. The molecule has 0 aliphatic heterocycles. The number of aliphatic hydroxyl groups is 1. The molecular formula is C13H21N3O2. The lowest BCUT2D eigenvalue weighted by atomic mass is 9.79. The summed E-state index contributed by atoms with van der Waals surface area (Å²) in [7, 11) is 1.77. The third-order valence-electron chi connectivity index (χ3n) is 3.75. The molecule has 1 aliphatic carbocycles. The van der Waals surface area contributed by atoms with Crippen LogP contribution in [0, 0.1) is 5.92 Å². The first-order valence-corrected chi connectivity index (χ1v) is 6.48. The van der Waals surface area contributed by atoms with E-state index in [1.807, 2.05) is 0 Å². The lowest BCUT2D eigenvalue weighted by Crippen LogP contribution is -2.45. The van der Waals surface area contributed by atoms with E-state index in [2.05, 4.69) is 17.3 Å². The minimum Gasteiger partial charge on any atom is -0.388 e. The van der Waals surface area contributed by atoms with Crippen molar-refractivity contribution in [3.05, 3.63) is 18.0 Å². The van der Waals surface area contributed by atoms with Crippen molar-refractivity contribution in [3.63, 3.8) is 0 Å². The molecule has 1 aromatic rings. The third-order valence-corrected chi connectivity index (χ3v) is 3.75. The molecule has 1 heterocycles. The van der Waals surface area contributed by atoms with Crippen LogP contribution in [0.4, 0.5) is 0 Å². The molecule has 0 aromatic carbocycles. The van der Waals surface area contributed by atoms with Crippen LogP contribution in [0.15, 0.2) is 12.4 Å². The van der Waals surface area contributed by atoms with E-state index in [4.69, 9.17) is 0 Å². The summed E-state index contributed by atoms with van der Waals surface area (Å²) < 4.78 is 1.59. The fourth-order valence-corrected chi connectivity index (χ4v) is 2.36. The van der Waals surface area contributed by atoms with Crippen LogP contribution >= 0.6 is 0 Å².